The molecule has 38 heavy (non-hydrogen) atoms. The molecule has 1 aliphatic heterocycles. The lowest BCUT2D eigenvalue weighted by atomic mass is 10.1. The minimum absolute atomic E-state index is 0.0432. The van der Waals surface area contributed by atoms with Crippen molar-refractivity contribution in [3.8, 4) is 5.75 Å². The van der Waals surface area contributed by atoms with Crippen molar-refractivity contribution in [2.75, 3.05) is 32.7 Å². The van der Waals surface area contributed by atoms with Crippen LogP contribution in [0.15, 0.2) is 53.7 Å². The Hall–Kier alpha value is -3.63. The van der Waals surface area contributed by atoms with Gasteiger partial charge >= 0.3 is 6.36 Å². The van der Waals surface area contributed by atoms with E-state index in [2.05, 4.69) is 15.0 Å². The number of hydrogen-bond donors (Lipinski definition) is 1. The first-order chi connectivity index (χ1) is 18.2. The first-order valence-electron chi connectivity index (χ1n) is 12.9. The standard InChI is InChI=1S/C27H30F3N5O3/c28-27(29,30)38-21-8-6-20(7-9-21)24(36)35-17-15-34(16-18-35)23(22-3-1-2-13-31-22)33-26(11-12-26)25(37)32-14-10-19-4-5-19/h1-3,6-9,13,19H,4-5,10-12,14-18H2,(H,32,37). The van der Waals surface area contributed by atoms with Crippen LogP contribution >= 0.6 is 0 Å². The second kappa shape index (κ2) is 10.6. The Morgan fingerprint density at radius 1 is 1.03 bits per heavy atom. The van der Waals surface area contributed by atoms with Gasteiger partial charge in [-0.25, -0.2) is 4.99 Å². The monoisotopic (exact) mass is 529 g/mol. The molecule has 1 saturated heterocycles. The number of amides is 2. The van der Waals surface area contributed by atoms with Crippen LogP contribution in [-0.2, 0) is 4.79 Å². The molecule has 8 nitrogen and oxygen atoms in total. The zero-order valence-corrected chi connectivity index (χ0v) is 20.9. The van der Waals surface area contributed by atoms with Gasteiger partial charge in [-0.2, -0.15) is 0 Å². The number of ether oxygens (including phenoxy) is 1. The van der Waals surface area contributed by atoms with Gasteiger partial charge in [0.1, 0.15) is 17.0 Å². The van der Waals surface area contributed by atoms with Crippen LogP contribution in [0.1, 0.15) is 48.2 Å². The number of pyridine rings is 1. The fraction of sp³-hybridized carbons (Fsp3) is 0.481. The molecule has 0 unspecified atom stereocenters. The maximum absolute atomic E-state index is 13.0. The van der Waals surface area contributed by atoms with E-state index in [0.29, 0.717) is 57.1 Å². The molecule has 202 valence electrons. The van der Waals surface area contributed by atoms with Crippen LogP contribution in [0, 0.1) is 5.92 Å². The van der Waals surface area contributed by atoms with Crippen molar-refractivity contribution < 1.29 is 27.5 Å². The SMILES string of the molecule is O=C(c1ccc(OC(F)(F)F)cc1)N1CCN(C(=NC2(C(=O)NCCC3CC3)CC2)c2ccccn2)CC1. The van der Waals surface area contributed by atoms with E-state index in [9.17, 15) is 22.8 Å². The first-order valence-corrected chi connectivity index (χ1v) is 12.9. The molecule has 2 amide bonds. The van der Waals surface area contributed by atoms with Gasteiger partial charge in [0, 0.05) is 44.5 Å². The fourth-order valence-corrected chi connectivity index (χ4v) is 4.56. The second-order valence-electron chi connectivity index (χ2n) is 10.0. The molecule has 0 radical (unpaired) electrons. The van der Waals surface area contributed by atoms with Gasteiger partial charge < -0.3 is 19.9 Å². The van der Waals surface area contributed by atoms with E-state index in [4.69, 9.17) is 4.99 Å². The highest BCUT2D eigenvalue weighted by atomic mass is 19.4. The van der Waals surface area contributed by atoms with Crippen molar-refractivity contribution >= 4 is 17.6 Å². The fourth-order valence-electron chi connectivity index (χ4n) is 4.56. The molecule has 11 heteroatoms. The third-order valence-corrected chi connectivity index (χ3v) is 7.10. The summed E-state index contributed by atoms with van der Waals surface area (Å²) in [7, 11) is 0. The molecule has 0 atom stereocenters. The lowest BCUT2D eigenvalue weighted by molar-refractivity contribution is -0.274. The Kier molecular flexibility index (Phi) is 7.27. The minimum Gasteiger partial charge on any atom is -0.406 e. The molecule has 1 N–H and O–H groups in total. The summed E-state index contributed by atoms with van der Waals surface area (Å²) in [5, 5.41) is 3.06. The Bertz CT molecular complexity index is 1170. The summed E-state index contributed by atoms with van der Waals surface area (Å²) in [5.74, 6) is 0.691. The maximum Gasteiger partial charge on any atom is 0.573 e. The van der Waals surface area contributed by atoms with Gasteiger partial charge in [0.2, 0.25) is 5.91 Å². The molecule has 5 rings (SSSR count). The van der Waals surface area contributed by atoms with Crippen LogP contribution in [0.3, 0.4) is 0 Å². The maximum atomic E-state index is 13.0. The molecule has 2 saturated carbocycles. The van der Waals surface area contributed by atoms with Crippen molar-refractivity contribution in [3.05, 3.63) is 59.9 Å². The number of nitrogens with zero attached hydrogens (tertiary/aromatic N) is 4. The first kappa shape index (κ1) is 26.0. The van der Waals surface area contributed by atoms with Crippen LogP contribution in [0.25, 0.3) is 0 Å². The molecule has 3 fully saturated rings. The van der Waals surface area contributed by atoms with Crippen molar-refractivity contribution in [2.24, 2.45) is 10.9 Å². The van der Waals surface area contributed by atoms with E-state index in [1.165, 1.54) is 25.0 Å². The number of piperazine rings is 1. The molecule has 1 aromatic heterocycles. The van der Waals surface area contributed by atoms with E-state index in [1.807, 2.05) is 23.1 Å². The van der Waals surface area contributed by atoms with Crippen LogP contribution in [0.5, 0.6) is 5.75 Å². The van der Waals surface area contributed by atoms with E-state index in [1.54, 1.807) is 11.1 Å². The van der Waals surface area contributed by atoms with Gasteiger partial charge in [-0.1, -0.05) is 18.9 Å². The number of benzene rings is 1. The zero-order chi connectivity index (χ0) is 26.8. The van der Waals surface area contributed by atoms with Crippen molar-refractivity contribution in [3.63, 3.8) is 0 Å². The number of halogens is 3. The zero-order valence-electron chi connectivity index (χ0n) is 20.9. The van der Waals surface area contributed by atoms with Crippen molar-refractivity contribution in [2.45, 2.75) is 44.0 Å². The summed E-state index contributed by atoms with van der Waals surface area (Å²) >= 11 is 0. The molecule has 2 aliphatic carbocycles. The summed E-state index contributed by atoms with van der Waals surface area (Å²) in [4.78, 5) is 39.1. The number of carbonyl (C=O) groups is 2. The summed E-state index contributed by atoms with van der Waals surface area (Å²) in [6.45, 7) is 2.42. The molecule has 2 heterocycles. The topological polar surface area (TPSA) is 87.1 Å². The van der Waals surface area contributed by atoms with Gasteiger partial charge in [0.25, 0.3) is 5.91 Å². The van der Waals surface area contributed by atoms with Crippen LogP contribution in [-0.4, -0.2) is 77.1 Å². The molecule has 1 aromatic carbocycles. The Morgan fingerprint density at radius 3 is 2.29 bits per heavy atom. The minimum atomic E-state index is -4.79. The van der Waals surface area contributed by atoms with Gasteiger partial charge in [-0.3, -0.25) is 14.6 Å². The second-order valence-corrected chi connectivity index (χ2v) is 10.0. The summed E-state index contributed by atoms with van der Waals surface area (Å²) < 4.78 is 41.1. The van der Waals surface area contributed by atoms with E-state index < -0.39 is 11.9 Å². The average molecular weight is 530 g/mol. The predicted molar refractivity (Wildman–Crippen MR) is 134 cm³/mol. The summed E-state index contributed by atoms with van der Waals surface area (Å²) in [5.41, 5.74) is 0.180. The van der Waals surface area contributed by atoms with E-state index in [0.717, 1.165) is 24.5 Å². The van der Waals surface area contributed by atoms with Gasteiger partial charge in [0.05, 0.1) is 0 Å². The molecule has 0 spiro atoms. The lowest BCUT2D eigenvalue weighted by Crippen LogP contribution is -2.51. The largest absolute Gasteiger partial charge is 0.573 e. The van der Waals surface area contributed by atoms with Gasteiger partial charge in [0.15, 0.2) is 5.84 Å². The number of carbonyl (C=O) groups excluding carboxylic acids is 2. The summed E-state index contributed by atoms with van der Waals surface area (Å²) in [6, 6.07) is 10.5. The number of rotatable bonds is 8. The number of alkyl halides is 3. The third kappa shape index (κ3) is 6.43. The van der Waals surface area contributed by atoms with Gasteiger partial charge in [-0.05, 0) is 61.6 Å². The number of aliphatic imine (C=N–C) groups is 1. The average Bonchev–Trinajstić information content (AvgIpc) is 3.84. The summed E-state index contributed by atoms with van der Waals surface area (Å²) in [6.07, 6.45) is 1.77. The number of amidine groups is 1. The predicted octanol–water partition coefficient (Wildman–Crippen LogP) is 3.63. The number of hydrogen-bond acceptors (Lipinski definition) is 5. The Morgan fingerprint density at radius 2 is 1.71 bits per heavy atom. The normalized spacial score (nSPS) is 19.2. The van der Waals surface area contributed by atoms with Crippen molar-refractivity contribution in [1.29, 1.82) is 0 Å². The number of aromatic nitrogens is 1. The van der Waals surface area contributed by atoms with Crippen LogP contribution in [0.4, 0.5) is 13.2 Å². The smallest absolute Gasteiger partial charge is 0.406 e. The Balaban J connectivity index is 1.25. The lowest BCUT2D eigenvalue weighted by Gasteiger charge is -2.36. The van der Waals surface area contributed by atoms with Gasteiger partial charge in [-0.15, -0.1) is 13.2 Å². The van der Waals surface area contributed by atoms with E-state index >= 15 is 0 Å². The third-order valence-electron chi connectivity index (χ3n) is 7.10. The molecule has 3 aliphatic rings. The highest BCUT2D eigenvalue weighted by molar-refractivity contribution is 6.01. The van der Waals surface area contributed by atoms with Crippen molar-refractivity contribution in [1.82, 2.24) is 20.1 Å². The Labute approximate surface area is 218 Å². The highest BCUT2D eigenvalue weighted by Crippen LogP contribution is 2.41. The molecular weight excluding hydrogens is 499 g/mol. The quantitative estimate of drug-likeness (QED) is 0.417. The van der Waals surface area contributed by atoms with E-state index in [-0.39, 0.29) is 23.1 Å². The molecule has 0 bridgehead atoms. The highest BCUT2D eigenvalue weighted by Gasteiger charge is 2.51. The molecular formula is C27H30F3N5O3. The molecule has 2 aromatic rings. The van der Waals surface area contributed by atoms with Crippen LogP contribution < -0.4 is 10.1 Å². The van der Waals surface area contributed by atoms with Crippen LogP contribution in [0.2, 0.25) is 0 Å². The number of nitrogens with one attached hydrogen (secondary N) is 1.